The molecule has 6 nitrogen and oxygen atoms in total. The van der Waals surface area contributed by atoms with Crippen LogP contribution in [0.15, 0.2) is 46.9 Å². The first-order valence-electron chi connectivity index (χ1n) is 7.98. The number of nitrogens with zero attached hydrogens (tertiary/aromatic N) is 2. The number of fused-ring (bicyclic) bond motifs is 1. The van der Waals surface area contributed by atoms with Gasteiger partial charge in [0.05, 0.1) is 10.7 Å². The Bertz CT molecular complexity index is 958. The third-order valence-electron chi connectivity index (χ3n) is 3.68. The average Bonchev–Trinajstić information content (AvgIpc) is 3.30. The third-order valence-corrected chi connectivity index (χ3v) is 5.25. The molecule has 0 fully saturated rings. The summed E-state index contributed by atoms with van der Waals surface area (Å²) in [6.45, 7) is 2.29. The smallest absolute Gasteiger partial charge is 0.257 e. The number of hydrogen-bond acceptors (Lipinski definition) is 7. The van der Waals surface area contributed by atoms with Crippen LogP contribution in [0.3, 0.4) is 0 Å². The summed E-state index contributed by atoms with van der Waals surface area (Å²) in [6, 6.07) is 9.15. The van der Waals surface area contributed by atoms with Crippen LogP contribution in [-0.2, 0) is 0 Å². The minimum absolute atomic E-state index is 0.197. The van der Waals surface area contributed by atoms with E-state index in [1.54, 1.807) is 30.1 Å². The highest BCUT2D eigenvalue weighted by atomic mass is 32.2. The molecular formula is C18H15N3O3S2. The molecule has 3 aromatic rings. The molecule has 0 saturated carbocycles. The third kappa shape index (κ3) is 3.51. The van der Waals surface area contributed by atoms with Crippen molar-refractivity contribution in [2.45, 2.75) is 11.9 Å². The van der Waals surface area contributed by atoms with E-state index in [9.17, 15) is 4.79 Å². The van der Waals surface area contributed by atoms with Crippen molar-refractivity contribution in [2.75, 3.05) is 17.9 Å². The number of rotatable bonds is 5. The van der Waals surface area contributed by atoms with Crippen LogP contribution in [0.5, 0.6) is 11.5 Å². The molecule has 8 heteroatoms. The molecule has 0 spiro atoms. The zero-order valence-corrected chi connectivity index (χ0v) is 15.5. The summed E-state index contributed by atoms with van der Waals surface area (Å²) in [5.41, 5.74) is 2.26. The van der Waals surface area contributed by atoms with E-state index in [-0.39, 0.29) is 12.7 Å². The van der Waals surface area contributed by atoms with Crippen molar-refractivity contribution < 1.29 is 14.3 Å². The van der Waals surface area contributed by atoms with Crippen molar-refractivity contribution in [3.8, 4) is 22.8 Å². The summed E-state index contributed by atoms with van der Waals surface area (Å²) in [5.74, 6) is 2.15. The van der Waals surface area contributed by atoms with E-state index in [4.69, 9.17) is 9.47 Å². The van der Waals surface area contributed by atoms with Gasteiger partial charge in [0.2, 0.25) is 6.79 Å². The molecular weight excluding hydrogens is 370 g/mol. The van der Waals surface area contributed by atoms with Gasteiger partial charge in [-0.1, -0.05) is 6.92 Å². The Morgan fingerprint density at radius 3 is 3.04 bits per heavy atom. The lowest BCUT2D eigenvalue weighted by atomic mass is 10.1. The Labute approximate surface area is 158 Å². The largest absolute Gasteiger partial charge is 0.454 e. The van der Waals surface area contributed by atoms with Crippen molar-refractivity contribution in [1.82, 2.24) is 9.97 Å². The van der Waals surface area contributed by atoms with E-state index in [0.717, 1.165) is 27.8 Å². The predicted molar refractivity (Wildman–Crippen MR) is 102 cm³/mol. The van der Waals surface area contributed by atoms with E-state index in [2.05, 4.69) is 15.3 Å². The van der Waals surface area contributed by atoms with Gasteiger partial charge >= 0.3 is 0 Å². The van der Waals surface area contributed by atoms with Gasteiger partial charge < -0.3 is 9.47 Å². The van der Waals surface area contributed by atoms with Gasteiger partial charge in [-0.05, 0) is 36.1 Å². The van der Waals surface area contributed by atoms with Crippen molar-refractivity contribution in [2.24, 2.45) is 0 Å². The zero-order chi connectivity index (χ0) is 17.9. The number of anilines is 1. The topological polar surface area (TPSA) is 73.3 Å². The number of benzene rings is 1. The van der Waals surface area contributed by atoms with Crippen LogP contribution < -0.4 is 14.8 Å². The Morgan fingerprint density at radius 1 is 1.27 bits per heavy atom. The number of carbonyl (C=O) groups is 1. The first-order chi connectivity index (χ1) is 12.7. The van der Waals surface area contributed by atoms with Crippen LogP contribution in [0.1, 0.15) is 17.3 Å². The normalized spacial score (nSPS) is 12.2. The van der Waals surface area contributed by atoms with Crippen molar-refractivity contribution in [3.63, 3.8) is 0 Å². The van der Waals surface area contributed by atoms with E-state index >= 15 is 0 Å². The predicted octanol–water partition coefficient (Wildman–Crippen LogP) is 4.30. The average molecular weight is 385 g/mol. The number of thioether (sulfide) groups is 1. The minimum Gasteiger partial charge on any atom is -0.454 e. The van der Waals surface area contributed by atoms with Crippen LogP contribution >= 0.6 is 23.1 Å². The second-order valence-electron chi connectivity index (χ2n) is 5.38. The molecule has 0 aliphatic carbocycles. The van der Waals surface area contributed by atoms with E-state index in [1.807, 2.05) is 30.5 Å². The Balaban J connectivity index is 1.50. The molecule has 1 amide bonds. The second-order valence-corrected chi connectivity index (χ2v) is 7.52. The maximum Gasteiger partial charge on any atom is 0.257 e. The fourth-order valence-electron chi connectivity index (χ4n) is 2.47. The summed E-state index contributed by atoms with van der Waals surface area (Å²) in [7, 11) is 0. The molecule has 1 aliphatic rings. The molecule has 2 aromatic heterocycles. The molecule has 0 radical (unpaired) electrons. The van der Waals surface area contributed by atoms with E-state index < -0.39 is 0 Å². The van der Waals surface area contributed by atoms with Gasteiger partial charge in [0.15, 0.2) is 16.6 Å². The lowest BCUT2D eigenvalue weighted by molar-refractivity contribution is 0.102. The first kappa shape index (κ1) is 16.9. The lowest BCUT2D eigenvalue weighted by Crippen LogP contribution is -2.11. The van der Waals surface area contributed by atoms with Crippen LogP contribution in [0.4, 0.5) is 5.13 Å². The number of aromatic nitrogens is 2. The highest BCUT2D eigenvalue weighted by Gasteiger charge is 2.16. The molecule has 132 valence electrons. The SMILES string of the molecule is CCSc1cc(C(=O)Nc2nc(-c3ccc4c(c3)OCO4)cs2)ccn1. The Morgan fingerprint density at radius 2 is 2.15 bits per heavy atom. The highest BCUT2D eigenvalue weighted by molar-refractivity contribution is 7.99. The highest BCUT2D eigenvalue weighted by Crippen LogP contribution is 2.36. The Kier molecular flexibility index (Phi) is 4.77. The van der Waals surface area contributed by atoms with Gasteiger partial charge in [-0.25, -0.2) is 9.97 Å². The van der Waals surface area contributed by atoms with Crippen LogP contribution in [0.2, 0.25) is 0 Å². The number of ether oxygens (including phenoxy) is 2. The summed E-state index contributed by atoms with van der Waals surface area (Å²) < 4.78 is 10.7. The maximum absolute atomic E-state index is 12.5. The zero-order valence-electron chi connectivity index (χ0n) is 13.9. The molecule has 1 N–H and O–H groups in total. The molecule has 1 aliphatic heterocycles. The van der Waals surface area contributed by atoms with Gasteiger partial charge in [-0.3, -0.25) is 10.1 Å². The number of amides is 1. The lowest BCUT2D eigenvalue weighted by Gasteiger charge is -2.03. The molecule has 0 unspecified atom stereocenters. The second kappa shape index (κ2) is 7.35. The quantitative estimate of drug-likeness (QED) is 0.660. The van der Waals surface area contributed by atoms with Crippen LogP contribution in [0.25, 0.3) is 11.3 Å². The monoisotopic (exact) mass is 385 g/mol. The van der Waals surface area contributed by atoms with Crippen molar-refractivity contribution in [3.05, 3.63) is 47.5 Å². The van der Waals surface area contributed by atoms with Crippen molar-refractivity contribution in [1.29, 1.82) is 0 Å². The maximum atomic E-state index is 12.5. The fraction of sp³-hybridized carbons (Fsp3) is 0.167. The van der Waals surface area contributed by atoms with Crippen molar-refractivity contribution >= 4 is 34.1 Å². The summed E-state index contributed by atoms with van der Waals surface area (Å²) >= 11 is 2.98. The molecule has 0 bridgehead atoms. The van der Waals surface area contributed by atoms with Gasteiger partial charge in [0, 0.05) is 22.7 Å². The molecule has 0 atom stereocenters. The Hall–Kier alpha value is -2.58. The molecule has 26 heavy (non-hydrogen) atoms. The molecule has 3 heterocycles. The number of pyridine rings is 1. The van der Waals surface area contributed by atoms with E-state index in [0.29, 0.717) is 16.4 Å². The summed E-state index contributed by atoms with van der Waals surface area (Å²) in [5, 5.41) is 6.13. The van der Waals surface area contributed by atoms with Gasteiger partial charge in [0.25, 0.3) is 5.91 Å². The molecule has 1 aromatic carbocycles. The molecule has 0 saturated heterocycles. The van der Waals surface area contributed by atoms with Gasteiger partial charge in [-0.15, -0.1) is 23.1 Å². The standard InChI is InChI=1S/C18H15N3O3S2/c1-2-25-16-8-12(5-6-19-16)17(22)21-18-20-13(9-26-18)11-3-4-14-15(7-11)24-10-23-14/h3-9H,2,10H2,1H3,(H,20,21,22). The van der Waals surface area contributed by atoms with E-state index in [1.165, 1.54) is 11.3 Å². The van der Waals surface area contributed by atoms with Gasteiger partial charge in [-0.2, -0.15) is 0 Å². The minimum atomic E-state index is -0.197. The number of thiazole rings is 1. The summed E-state index contributed by atoms with van der Waals surface area (Å²) in [4.78, 5) is 21.2. The van der Waals surface area contributed by atoms with Crippen LogP contribution in [0, 0.1) is 0 Å². The number of hydrogen-bond donors (Lipinski definition) is 1. The van der Waals surface area contributed by atoms with Crippen LogP contribution in [-0.4, -0.2) is 28.4 Å². The summed E-state index contributed by atoms with van der Waals surface area (Å²) in [6.07, 6.45) is 1.65. The fourth-order valence-corrected chi connectivity index (χ4v) is 3.82. The number of nitrogens with one attached hydrogen (secondary N) is 1. The molecule has 4 rings (SSSR count). The first-order valence-corrected chi connectivity index (χ1v) is 9.85. The number of carbonyl (C=O) groups excluding carboxylic acids is 1. The van der Waals surface area contributed by atoms with Gasteiger partial charge in [0.1, 0.15) is 0 Å².